The lowest BCUT2D eigenvalue weighted by molar-refractivity contribution is -0.130. The molecule has 1 amide bonds. The molecule has 0 spiro atoms. The van der Waals surface area contributed by atoms with Crippen molar-refractivity contribution in [3.63, 3.8) is 0 Å². The largest absolute Gasteiger partial charge is 0.338 e. The first-order valence-electron chi connectivity index (χ1n) is 6.56. The van der Waals surface area contributed by atoms with Gasteiger partial charge in [-0.05, 0) is 19.4 Å². The molecular weight excluding hydrogens is 256 g/mol. The smallest absolute Gasteiger partial charge is 0.223 e. The Kier molecular flexibility index (Phi) is 4.16. The number of aryl methyl sites for hydroxylation is 3. The van der Waals surface area contributed by atoms with E-state index in [0.717, 1.165) is 22.8 Å². The van der Waals surface area contributed by atoms with Crippen LogP contribution in [0.15, 0.2) is 6.33 Å². The Morgan fingerprint density at radius 2 is 2.20 bits per heavy atom. The number of hydrogen-bond donors (Lipinski definition) is 1. The number of aromatic amines is 1. The lowest BCUT2D eigenvalue weighted by Crippen LogP contribution is -2.27. The van der Waals surface area contributed by atoms with E-state index in [2.05, 4.69) is 20.4 Å². The molecule has 108 valence electrons. The van der Waals surface area contributed by atoms with Crippen molar-refractivity contribution in [2.45, 2.75) is 33.2 Å². The highest BCUT2D eigenvalue weighted by molar-refractivity contribution is 5.76. The van der Waals surface area contributed by atoms with Crippen LogP contribution in [-0.4, -0.2) is 42.8 Å². The molecule has 0 fully saturated rings. The molecule has 2 heterocycles. The molecule has 0 unspecified atom stereocenters. The van der Waals surface area contributed by atoms with Gasteiger partial charge in [-0.1, -0.05) is 0 Å². The van der Waals surface area contributed by atoms with Crippen LogP contribution in [-0.2, 0) is 24.8 Å². The monoisotopic (exact) mass is 276 g/mol. The van der Waals surface area contributed by atoms with Crippen molar-refractivity contribution >= 4 is 5.91 Å². The second-order valence-corrected chi connectivity index (χ2v) is 5.03. The fourth-order valence-electron chi connectivity index (χ4n) is 1.95. The van der Waals surface area contributed by atoms with Gasteiger partial charge in [0, 0.05) is 32.6 Å². The van der Waals surface area contributed by atoms with Gasteiger partial charge in [-0.25, -0.2) is 0 Å². The van der Waals surface area contributed by atoms with Gasteiger partial charge in [0.15, 0.2) is 5.82 Å². The third-order valence-electron chi connectivity index (χ3n) is 3.54. The minimum atomic E-state index is 0.0769. The van der Waals surface area contributed by atoms with Crippen molar-refractivity contribution < 1.29 is 4.79 Å². The fraction of sp³-hybridized carbons (Fsp3) is 0.538. The van der Waals surface area contributed by atoms with E-state index < -0.39 is 0 Å². The molecule has 0 aliphatic carbocycles. The number of carbonyl (C=O) groups excluding carboxylic acids is 1. The molecule has 7 nitrogen and oxygen atoms in total. The van der Waals surface area contributed by atoms with Crippen LogP contribution in [0, 0.1) is 13.8 Å². The zero-order valence-corrected chi connectivity index (χ0v) is 12.3. The third kappa shape index (κ3) is 3.04. The van der Waals surface area contributed by atoms with Crippen LogP contribution in [0.25, 0.3) is 0 Å². The number of nitrogens with one attached hydrogen (secondary N) is 1. The molecule has 0 radical (unpaired) electrons. The summed E-state index contributed by atoms with van der Waals surface area (Å²) in [5.74, 6) is 0.848. The minimum Gasteiger partial charge on any atom is -0.338 e. The zero-order chi connectivity index (χ0) is 14.7. The highest BCUT2D eigenvalue weighted by atomic mass is 16.2. The SMILES string of the molecule is Cc1[nH]nc(CCC(=O)N(C)Cc2nncn2C)c1C. The molecule has 2 aromatic rings. The van der Waals surface area contributed by atoms with Crippen LogP contribution < -0.4 is 0 Å². The molecule has 2 rings (SSSR count). The van der Waals surface area contributed by atoms with Crippen LogP contribution in [0.3, 0.4) is 0 Å². The van der Waals surface area contributed by atoms with E-state index in [4.69, 9.17) is 0 Å². The van der Waals surface area contributed by atoms with Crippen LogP contribution in [0.2, 0.25) is 0 Å². The van der Waals surface area contributed by atoms with Gasteiger partial charge in [0.1, 0.15) is 6.33 Å². The summed E-state index contributed by atoms with van der Waals surface area (Å²) in [5.41, 5.74) is 3.15. The second kappa shape index (κ2) is 5.85. The molecule has 2 aromatic heterocycles. The first-order valence-corrected chi connectivity index (χ1v) is 6.56. The van der Waals surface area contributed by atoms with Gasteiger partial charge in [0.2, 0.25) is 5.91 Å². The standard InChI is InChI=1S/C13H20N6O/c1-9-10(2)15-16-11(9)5-6-13(20)18(3)7-12-17-14-8-19(12)4/h8H,5-7H2,1-4H3,(H,15,16). The average molecular weight is 276 g/mol. The van der Waals surface area contributed by atoms with Gasteiger partial charge >= 0.3 is 0 Å². The summed E-state index contributed by atoms with van der Waals surface area (Å²) in [4.78, 5) is 13.8. The highest BCUT2D eigenvalue weighted by Gasteiger charge is 2.14. The van der Waals surface area contributed by atoms with Gasteiger partial charge in [-0.2, -0.15) is 5.10 Å². The number of H-pyrrole nitrogens is 1. The number of carbonyl (C=O) groups is 1. The summed E-state index contributed by atoms with van der Waals surface area (Å²) in [6.07, 6.45) is 2.72. The second-order valence-electron chi connectivity index (χ2n) is 5.03. The maximum atomic E-state index is 12.1. The van der Waals surface area contributed by atoms with Crippen molar-refractivity contribution in [3.8, 4) is 0 Å². The van der Waals surface area contributed by atoms with Gasteiger partial charge in [-0.3, -0.25) is 9.89 Å². The van der Waals surface area contributed by atoms with Crippen molar-refractivity contribution in [2.24, 2.45) is 7.05 Å². The summed E-state index contributed by atoms with van der Waals surface area (Å²) in [6, 6.07) is 0. The van der Waals surface area contributed by atoms with Crippen LogP contribution in [0.4, 0.5) is 0 Å². The molecular formula is C13H20N6O. The molecule has 1 N–H and O–H groups in total. The first kappa shape index (κ1) is 14.2. The highest BCUT2D eigenvalue weighted by Crippen LogP contribution is 2.11. The van der Waals surface area contributed by atoms with Gasteiger partial charge < -0.3 is 9.47 Å². The average Bonchev–Trinajstić information content (AvgIpc) is 2.96. The Bertz CT molecular complexity index is 600. The topological polar surface area (TPSA) is 79.7 Å². The number of amides is 1. The van der Waals surface area contributed by atoms with Gasteiger partial charge in [0.25, 0.3) is 0 Å². The van der Waals surface area contributed by atoms with E-state index in [-0.39, 0.29) is 5.91 Å². The lowest BCUT2D eigenvalue weighted by atomic mass is 10.1. The molecule has 0 bridgehead atoms. The van der Waals surface area contributed by atoms with E-state index >= 15 is 0 Å². The maximum Gasteiger partial charge on any atom is 0.223 e. The number of nitrogens with zero attached hydrogens (tertiary/aromatic N) is 5. The van der Waals surface area contributed by atoms with Gasteiger partial charge in [-0.15, -0.1) is 10.2 Å². The summed E-state index contributed by atoms with van der Waals surface area (Å²) in [7, 11) is 3.64. The lowest BCUT2D eigenvalue weighted by Gasteiger charge is -2.16. The van der Waals surface area contributed by atoms with E-state index in [1.165, 1.54) is 0 Å². The predicted octanol–water partition coefficient (Wildman–Crippen LogP) is 0.746. The Morgan fingerprint density at radius 3 is 2.75 bits per heavy atom. The summed E-state index contributed by atoms with van der Waals surface area (Å²) < 4.78 is 1.81. The molecule has 0 aromatic carbocycles. The van der Waals surface area contributed by atoms with E-state index in [9.17, 15) is 4.79 Å². The van der Waals surface area contributed by atoms with Gasteiger partial charge in [0.05, 0.1) is 12.2 Å². The Hall–Kier alpha value is -2.18. The summed E-state index contributed by atoms with van der Waals surface area (Å²) in [5, 5.41) is 14.9. The number of rotatable bonds is 5. The molecule has 20 heavy (non-hydrogen) atoms. The first-order chi connectivity index (χ1) is 9.49. The normalized spacial score (nSPS) is 10.8. The summed E-state index contributed by atoms with van der Waals surface area (Å²) >= 11 is 0. The fourth-order valence-corrected chi connectivity index (χ4v) is 1.95. The summed E-state index contributed by atoms with van der Waals surface area (Å²) in [6.45, 7) is 4.46. The number of hydrogen-bond acceptors (Lipinski definition) is 4. The van der Waals surface area contributed by atoms with Crippen molar-refractivity contribution in [1.82, 2.24) is 29.9 Å². The molecule has 7 heteroatoms. The molecule has 0 saturated carbocycles. The minimum absolute atomic E-state index is 0.0769. The van der Waals surface area contributed by atoms with Crippen LogP contribution >= 0.6 is 0 Å². The van der Waals surface area contributed by atoms with E-state index in [1.807, 2.05) is 25.5 Å². The zero-order valence-electron chi connectivity index (χ0n) is 12.3. The van der Waals surface area contributed by atoms with E-state index in [0.29, 0.717) is 19.4 Å². The molecule has 0 aliphatic rings. The Balaban J connectivity index is 1.88. The maximum absolute atomic E-state index is 12.1. The van der Waals surface area contributed by atoms with Crippen molar-refractivity contribution in [1.29, 1.82) is 0 Å². The quantitative estimate of drug-likeness (QED) is 0.873. The molecule has 0 saturated heterocycles. The molecule has 0 atom stereocenters. The predicted molar refractivity (Wildman–Crippen MR) is 73.9 cm³/mol. The van der Waals surface area contributed by atoms with Crippen molar-refractivity contribution in [3.05, 3.63) is 29.1 Å². The third-order valence-corrected chi connectivity index (χ3v) is 3.54. The van der Waals surface area contributed by atoms with E-state index in [1.54, 1.807) is 18.3 Å². The Morgan fingerprint density at radius 1 is 1.45 bits per heavy atom. The Labute approximate surface area is 118 Å². The van der Waals surface area contributed by atoms with Crippen LogP contribution in [0.5, 0.6) is 0 Å². The number of aromatic nitrogens is 5. The molecule has 0 aliphatic heterocycles. The van der Waals surface area contributed by atoms with Crippen LogP contribution in [0.1, 0.15) is 29.2 Å². The van der Waals surface area contributed by atoms with Crippen molar-refractivity contribution in [2.75, 3.05) is 7.05 Å².